The molecule has 6 rings (SSSR count). The van der Waals surface area contributed by atoms with Crippen molar-refractivity contribution in [1.29, 1.82) is 0 Å². The van der Waals surface area contributed by atoms with Gasteiger partial charge in [-0.05, 0) is 61.2 Å². The van der Waals surface area contributed by atoms with Gasteiger partial charge >= 0.3 is 0 Å². The topological polar surface area (TPSA) is 71.6 Å². The number of carbonyl (C=O) groups is 1. The maximum absolute atomic E-state index is 13.9. The second kappa shape index (κ2) is 7.27. The third kappa shape index (κ3) is 3.15. The second-order valence-corrected chi connectivity index (χ2v) is 10.1. The molecule has 2 aromatic carbocycles. The van der Waals surface area contributed by atoms with Crippen molar-refractivity contribution in [3.63, 3.8) is 0 Å². The van der Waals surface area contributed by atoms with Gasteiger partial charge in [0, 0.05) is 47.2 Å². The molecule has 170 valence electrons. The lowest BCUT2D eigenvalue weighted by atomic mass is 9.81. The van der Waals surface area contributed by atoms with Crippen molar-refractivity contribution in [1.82, 2.24) is 20.1 Å². The first-order chi connectivity index (χ1) is 15.9. The number of H-pyrrole nitrogens is 1. The van der Waals surface area contributed by atoms with Gasteiger partial charge in [0.05, 0.1) is 6.04 Å². The minimum absolute atomic E-state index is 0.0669. The molecule has 6 nitrogen and oxygen atoms in total. The van der Waals surface area contributed by atoms with Crippen LogP contribution in [0.2, 0.25) is 5.02 Å². The van der Waals surface area contributed by atoms with E-state index in [0.29, 0.717) is 29.9 Å². The lowest BCUT2D eigenvalue weighted by molar-refractivity contribution is -0.133. The quantitative estimate of drug-likeness (QED) is 0.528. The van der Waals surface area contributed by atoms with E-state index in [1.807, 2.05) is 42.2 Å². The number of benzene rings is 2. The summed E-state index contributed by atoms with van der Waals surface area (Å²) in [5.41, 5.74) is 3.23. The Morgan fingerprint density at radius 1 is 1.27 bits per heavy atom. The predicted octanol–water partition coefficient (Wildman–Crippen LogP) is 4.30. The zero-order chi connectivity index (χ0) is 22.9. The summed E-state index contributed by atoms with van der Waals surface area (Å²) in [6.07, 6.45) is 2.98. The Morgan fingerprint density at radius 3 is 2.85 bits per heavy atom. The van der Waals surface area contributed by atoms with E-state index < -0.39 is 5.54 Å². The minimum atomic E-state index is -0.781. The highest BCUT2D eigenvalue weighted by atomic mass is 35.5. The third-order valence-electron chi connectivity index (χ3n) is 7.31. The molecule has 33 heavy (non-hydrogen) atoms. The molecule has 3 N–H and O–H groups in total. The normalized spacial score (nSPS) is 24.5. The van der Waals surface area contributed by atoms with Crippen LogP contribution in [0.15, 0.2) is 54.9 Å². The number of fused-ring (bicyclic) bond motifs is 4. The van der Waals surface area contributed by atoms with Crippen molar-refractivity contribution in [3.8, 4) is 5.75 Å². The predicted molar refractivity (Wildman–Crippen MR) is 129 cm³/mol. The lowest BCUT2D eigenvalue weighted by Gasteiger charge is -2.44. The Balaban J connectivity index is 1.49. The van der Waals surface area contributed by atoms with Crippen molar-refractivity contribution in [3.05, 3.63) is 76.7 Å². The Morgan fingerprint density at radius 2 is 2.09 bits per heavy atom. The maximum atomic E-state index is 13.9. The average Bonchev–Trinajstić information content (AvgIpc) is 3.52. The summed E-state index contributed by atoms with van der Waals surface area (Å²) in [4.78, 5) is 21.4. The number of nitrogens with one attached hydrogen (secondary N) is 2. The fourth-order valence-corrected chi connectivity index (χ4v) is 5.74. The number of nitrogens with zero attached hydrogens (tertiary/aromatic N) is 2. The van der Waals surface area contributed by atoms with Crippen LogP contribution in [0.3, 0.4) is 0 Å². The molecule has 3 aliphatic rings. The van der Waals surface area contributed by atoms with Crippen molar-refractivity contribution in [2.75, 3.05) is 13.1 Å². The number of aromatic nitrogens is 1. The highest BCUT2D eigenvalue weighted by Crippen LogP contribution is 2.51. The molecule has 7 heteroatoms. The molecule has 2 aliphatic heterocycles. The smallest absolute Gasteiger partial charge is 0.254 e. The van der Waals surface area contributed by atoms with E-state index in [1.165, 1.54) is 12.8 Å². The molecular weight excluding hydrogens is 436 g/mol. The van der Waals surface area contributed by atoms with Crippen molar-refractivity contribution >= 4 is 28.4 Å². The summed E-state index contributed by atoms with van der Waals surface area (Å²) >= 11 is 6.35. The maximum Gasteiger partial charge on any atom is 0.254 e. The Bertz CT molecular complexity index is 1300. The summed E-state index contributed by atoms with van der Waals surface area (Å²) in [5.74, 6) is 0.968. The van der Waals surface area contributed by atoms with Gasteiger partial charge in [-0.1, -0.05) is 30.3 Å². The zero-order valence-electron chi connectivity index (χ0n) is 18.6. The summed E-state index contributed by atoms with van der Waals surface area (Å²) in [6.45, 7) is 7.73. The number of phenols is 1. The number of aromatic hydroxyl groups is 1. The SMILES string of the molecule is C=C1N(CCNC2CC2)C(=O)[C@]2(C)Cc3c([nH]c4ccc(Cl)cc34)[C@@H](c3cccc(O)c3)N12. The van der Waals surface area contributed by atoms with Gasteiger partial charge in [-0.15, -0.1) is 0 Å². The van der Waals surface area contributed by atoms with Crippen LogP contribution in [0.25, 0.3) is 10.9 Å². The number of phenolic OH excluding ortho intramolecular Hbond substituents is 1. The molecule has 1 saturated carbocycles. The minimum Gasteiger partial charge on any atom is -0.508 e. The molecule has 0 bridgehead atoms. The Kier molecular flexibility index (Phi) is 4.55. The van der Waals surface area contributed by atoms with Gasteiger partial charge in [0.15, 0.2) is 0 Å². The second-order valence-electron chi connectivity index (χ2n) is 9.63. The van der Waals surface area contributed by atoms with Crippen LogP contribution in [0.4, 0.5) is 0 Å². The van der Waals surface area contributed by atoms with Crippen LogP contribution in [0.5, 0.6) is 5.75 Å². The number of carbonyl (C=O) groups excluding carboxylic acids is 1. The van der Waals surface area contributed by atoms with Gasteiger partial charge in [0.2, 0.25) is 0 Å². The van der Waals surface area contributed by atoms with Crippen LogP contribution in [-0.2, 0) is 11.2 Å². The summed E-state index contributed by atoms with van der Waals surface area (Å²) in [6, 6.07) is 13.4. The van der Waals surface area contributed by atoms with Gasteiger partial charge in [-0.2, -0.15) is 0 Å². The van der Waals surface area contributed by atoms with E-state index in [2.05, 4.69) is 21.8 Å². The van der Waals surface area contributed by atoms with E-state index in [9.17, 15) is 9.90 Å². The van der Waals surface area contributed by atoms with Crippen LogP contribution in [-0.4, -0.2) is 50.5 Å². The molecule has 0 radical (unpaired) electrons. The number of hydrogen-bond donors (Lipinski definition) is 3. The monoisotopic (exact) mass is 462 g/mol. The molecular formula is C26H27ClN4O2. The van der Waals surface area contributed by atoms with E-state index in [1.54, 1.807) is 12.1 Å². The average molecular weight is 463 g/mol. The first-order valence-electron chi connectivity index (χ1n) is 11.5. The molecule has 1 amide bonds. The molecule has 3 aromatic rings. The molecule has 2 fully saturated rings. The van der Waals surface area contributed by atoms with E-state index in [0.717, 1.165) is 34.3 Å². The number of halogens is 1. The van der Waals surface area contributed by atoms with Gasteiger partial charge in [0.25, 0.3) is 5.91 Å². The third-order valence-corrected chi connectivity index (χ3v) is 7.55. The Hall–Kier alpha value is -2.96. The number of rotatable bonds is 5. The molecule has 0 unspecified atom stereocenters. The zero-order valence-corrected chi connectivity index (χ0v) is 19.3. The van der Waals surface area contributed by atoms with Crippen LogP contribution >= 0.6 is 11.6 Å². The van der Waals surface area contributed by atoms with Crippen LogP contribution in [0.1, 0.15) is 42.6 Å². The summed E-state index contributed by atoms with van der Waals surface area (Å²) in [7, 11) is 0. The van der Waals surface area contributed by atoms with Crippen LogP contribution < -0.4 is 5.32 Å². The first-order valence-corrected chi connectivity index (χ1v) is 11.9. The van der Waals surface area contributed by atoms with E-state index >= 15 is 0 Å². The molecule has 0 spiro atoms. The van der Waals surface area contributed by atoms with Gasteiger partial charge in [0.1, 0.15) is 17.1 Å². The van der Waals surface area contributed by atoms with Gasteiger partial charge in [-0.25, -0.2) is 0 Å². The van der Waals surface area contributed by atoms with Crippen LogP contribution in [0, 0.1) is 0 Å². The number of hydrogen-bond acceptors (Lipinski definition) is 4. The largest absolute Gasteiger partial charge is 0.508 e. The fourth-order valence-electron chi connectivity index (χ4n) is 5.57. The highest BCUT2D eigenvalue weighted by molar-refractivity contribution is 6.31. The van der Waals surface area contributed by atoms with E-state index in [4.69, 9.17) is 11.6 Å². The standard InChI is InChI=1S/C26H27ClN4O2/c1-15-30(11-10-28-18-7-8-18)25(33)26(2)14-21-20-13-17(27)6-9-22(20)29-23(21)24(31(15)26)16-4-3-5-19(32)12-16/h3-6,9,12-13,18,24,28-29,32H,1,7-8,10-11,14H2,2H3/t24-,26+/m1/s1. The van der Waals surface area contributed by atoms with Gasteiger partial charge < -0.3 is 20.3 Å². The van der Waals surface area contributed by atoms with Crippen molar-refractivity contribution in [2.45, 2.75) is 43.8 Å². The molecule has 1 aromatic heterocycles. The molecule has 3 heterocycles. The number of amides is 1. The van der Waals surface area contributed by atoms with E-state index in [-0.39, 0.29) is 17.7 Å². The fraction of sp³-hybridized carbons (Fsp3) is 0.346. The molecule has 1 aliphatic carbocycles. The van der Waals surface area contributed by atoms with Gasteiger partial charge in [-0.3, -0.25) is 9.69 Å². The molecule has 1 saturated heterocycles. The number of aromatic amines is 1. The van der Waals surface area contributed by atoms with Crippen molar-refractivity contribution in [2.24, 2.45) is 0 Å². The Labute approximate surface area is 197 Å². The molecule has 2 atom stereocenters. The highest BCUT2D eigenvalue weighted by Gasteiger charge is 2.57. The lowest BCUT2D eigenvalue weighted by Crippen LogP contribution is -2.52. The first kappa shape index (κ1) is 20.6. The summed E-state index contributed by atoms with van der Waals surface area (Å²) < 4.78 is 0. The summed E-state index contributed by atoms with van der Waals surface area (Å²) in [5, 5.41) is 15.5. The van der Waals surface area contributed by atoms with Crippen molar-refractivity contribution < 1.29 is 9.90 Å².